The van der Waals surface area contributed by atoms with Crippen LogP contribution in [0.25, 0.3) is 0 Å². The predicted molar refractivity (Wildman–Crippen MR) is 59.0 cm³/mol. The molecule has 4 heteroatoms. The molecule has 90 valence electrons. The zero-order chi connectivity index (χ0) is 12.2. The summed E-state index contributed by atoms with van der Waals surface area (Å²) in [5, 5.41) is 0. The maximum absolute atomic E-state index is 11.0. The number of carbonyl (C=O) groups is 2. The van der Waals surface area contributed by atoms with Crippen molar-refractivity contribution in [3.63, 3.8) is 0 Å². The van der Waals surface area contributed by atoms with Crippen molar-refractivity contribution in [2.75, 3.05) is 6.61 Å². The molecule has 0 aromatic heterocycles. The summed E-state index contributed by atoms with van der Waals surface area (Å²) in [6.45, 7) is 5.60. The van der Waals surface area contributed by atoms with Crippen molar-refractivity contribution < 1.29 is 19.1 Å². The van der Waals surface area contributed by atoms with E-state index in [-0.39, 0.29) is 23.5 Å². The highest BCUT2D eigenvalue weighted by atomic mass is 16.6. The summed E-state index contributed by atoms with van der Waals surface area (Å²) in [4.78, 5) is 22.0. The van der Waals surface area contributed by atoms with E-state index in [9.17, 15) is 9.59 Å². The fourth-order valence-corrected chi connectivity index (χ4v) is 1.68. The van der Waals surface area contributed by atoms with Crippen molar-refractivity contribution in [2.45, 2.75) is 45.3 Å². The lowest BCUT2D eigenvalue weighted by Crippen LogP contribution is -2.14. The largest absolute Gasteiger partial charge is 0.463 e. The van der Waals surface area contributed by atoms with Crippen LogP contribution >= 0.6 is 0 Å². The molecular formula is C12H18O4. The maximum Gasteiger partial charge on any atom is 0.330 e. The number of esters is 1. The smallest absolute Gasteiger partial charge is 0.330 e. The van der Waals surface area contributed by atoms with Crippen molar-refractivity contribution in [3.8, 4) is 0 Å². The van der Waals surface area contributed by atoms with E-state index in [1.54, 1.807) is 13.0 Å². The third-order valence-corrected chi connectivity index (χ3v) is 2.60. The molecule has 0 radical (unpaired) electrons. The van der Waals surface area contributed by atoms with Gasteiger partial charge in [0.2, 0.25) is 0 Å². The Morgan fingerprint density at radius 2 is 2.19 bits per heavy atom. The molecule has 16 heavy (non-hydrogen) atoms. The first-order valence-corrected chi connectivity index (χ1v) is 5.51. The molecule has 0 aliphatic carbocycles. The lowest BCUT2D eigenvalue weighted by Gasteiger charge is -2.01. The van der Waals surface area contributed by atoms with Gasteiger partial charge in [0, 0.05) is 6.08 Å². The first-order valence-electron chi connectivity index (χ1n) is 5.51. The van der Waals surface area contributed by atoms with E-state index in [1.807, 2.05) is 6.92 Å². The van der Waals surface area contributed by atoms with Crippen LogP contribution in [-0.4, -0.2) is 30.1 Å². The quantitative estimate of drug-likeness (QED) is 0.392. The van der Waals surface area contributed by atoms with Crippen molar-refractivity contribution in [1.82, 2.24) is 0 Å². The van der Waals surface area contributed by atoms with Crippen LogP contribution < -0.4 is 0 Å². The highest BCUT2D eigenvalue weighted by Crippen LogP contribution is 2.40. The number of ether oxygens (including phenoxy) is 2. The molecule has 1 heterocycles. The van der Waals surface area contributed by atoms with Gasteiger partial charge in [-0.05, 0) is 33.6 Å². The number of ketones is 1. The van der Waals surface area contributed by atoms with Crippen LogP contribution in [0.3, 0.4) is 0 Å². The van der Waals surface area contributed by atoms with E-state index >= 15 is 0 Å². The maximum atomic E-state index is 11.0. The summed E-state index contributed by atoms with van der Waals surface area (Å²) < 4.78 is 10.1. The molecule has 0 aromatic carbocycles. The molecule has 4 nitrogen and oxygen atoms in total. The van der Waals surface area contributed by atoms with Crippen LogP contribution in [0, 0.1) is 0 Å². The fourth-order valence-electron chi connectivity index (χ4n) is 1.68. The third kappa shape index (κ3) is 3.45. The number of rotatable bonds is 6. The normalized spacial score (nSPS) is 28.1. The van der Waals surface area contributed by atoms with Crippen LogP contribution in [0.15, 0.2) is 12.2 Å². The minimum atomic E-state index is -0.329. The lowest BCUT2D eigenvalue weighted by molar-refractivity contribution is -0.137. The van der Waals surface area contributed by atoms with Gasteiger partial charge >= 0.3 is 5.97 Å². The van der Waals surface area contributed by atoms with Crippen LogP contribution in [0.1, 0.15) is 33.6 Å². The summed E-state index contributed by atoms with van der Waals surface area (Å²) >= 11 is 0. The van der Waals surface area contributed by atoms with Gasteiger partial charge in [-0.2, -0.15) is 0 Å². The Labute approximate surface area is 95.6 Å². The van der Waals surface area contributed by atoms with Crippen LogP contribution in [0.2, 0.25) is 0 Å². The summed E-state index contributed by atoms with van der Waals surface area (Å²) in [7, 11) is 0. The van der Waals surface area contributed by atoms with Gasteiger partial charge in [-0.3, -0.25) is 4.79 Å². The summed E-state index contributed by atoms with van der Waals surface area (Å²) in [6, 6.07) is 0. The molecule has 2 unspecified atom stereocenters. The minimum absolute atomic E-state index is 0.0665. The van der Waals surface area contributed by atoms with Crippen molar-refractivity contribution in [1.29, 1.82) is 0 Å². The van der Waals surface area contributed by atoms with Crippen molar-refractivity contribution in [2.24, 2.45) is 0 Å². The molecule has 0 spiro atoms. The van der Waals surface area contributed by atoms with Gasteiger partial charge in [0.25, 0.3) is 0 Å². The van der Waals surface area contributed by atoms with E-state index in [2.05, 4.69) is 0 Å². The van der Waals surface area contributed by atoms with Crippen LogP contribution in [-0.2, 0) is 19.1 Å². The minimum Gasteiger partial charge on any atom is -0.463 e. The van der Waals surface area contributed by atoms with Crippen LogP contribution in [0.4, 0.5) is 0 Å². The van der Waals surface area contributed by atoms with E-state index in [1.165, 1.54) is 13.0 Å². The number of allylic oxidation sites excluding steroid dienone is 1. The van der Waals surface area contributed by atoms with Gasteiger partial charge in [-0.25, -0.2) is 4.79 Å². The van der Waals surface area contributed by atoms with Crippen LogP contribution in [0.5, 0.6) is 0 Å². The Hall–Kier alpha value is -1.16. The monoisotopic (exact) mass is 226 g/mol. The zero-order valence-electron chi connectivity index (χ0n) is 9.99. The number of carbonyl (C=O) groups excluding carboxylic acids is 2. The third-order valence-electron chi connectivity index (χ3n) is 2.60. The Morgan fingerprint density at radius 1 is 1.50 bits per heavy atom. The standard InChI is InChI=1S/C12H18O4/c1-4-15-10(14)7-5-6-8-12(3)11(16-12)9(2)13/h5,7,11H,4,6,8H2,1-3H3/b7-5+. The second kappa shape index (κ2) is 5.25. The zero-order valence-corrected chi connectivity index (χ0v) is 9.99. The molecule has 0 amide bonds. The Balaban J connectivity index is 2.22. The van der Waals surface area contributed by atoms with E-state index < -0.39 is 0 Å². The predicted octanol–water partition coefficient (Wildman–Crippen LogP) is 1.63. The molecule has 1 rings (SSSR count). The topological polar surface area (TPSA) is 55.9 Å². The number of Topliss-reactive ketones (excluding diaryl/α,β-unsaturated/α-hetero) is 1. The second-order valence-corrected chi connectivity index (χ2v) is 4.11. The number of epoxide rings is 1. The molecule has 0 bridgehead atoms. The summed E-state index contributed by atoms with van der Waals surface area (Å²) in [5.41, 5.74) is -0.329. The average molecular weight is 226 g/mol. The SMILES string of the molecule is CCOC(=O)/C=C/CCC1(C)OC1C(C)=O. The van der Waals surface area contributed by atoms with E-state index in [0.29, 0.717) is 13.0 Å². The molecule has 1 saturated heterocycles. The molecule has 1 aliphatic rings. The Bertz CT molecular complexity index is 308. The van der Waals surface area contributed by atoms with Crippen molar-refractivity contribution in [3.05, 3.63) is 12.2 Å². The summed E-state index contributed by atoms with van der Waals surface area (Å²) in [6.07, 6.45) is 4.36. The van der Waals surface area contributed by atoms with Gasteiger partial charge in [-0.1, -0.05) is 6.08 Å². The van der Waals surface area contributed by atoms with E-state index in [4.69, 9.17) is 9.47 Å². The van der Waals surface area contributed by atoms with Gasteiger partial charge in [0.05, 0.1) is 6.61 Å². The molecule has 0 N–H and O–H groups in total. The van der Waals surface area contributed by atoms with E-state index in [0.717, 1.165) is 6.42 Å². The Kier molecular flexibility index (Phi) is 4.24. The molecule has 0 saturated carbocycles. The van der Waals surface area contributed by atoms with Gasteiger partial charge in [0.1, 0.15) is 11.7 Å². The molecule has 2 atom stereocenters. The first kappa shape index (κ1) is 12.9. The molecule has 0 aromatic rings. The second-order valence-electron chi connectivity index (χ2n) is 4.11. The fraction of sp³-hybridized carbons (Fsp3) is 0.667. The van der Waals surface area contributed by atoms with Gasteiger partial charge in [-0.15, -0.1) is 0 Å². The highest BCUT2D eigenvalue weighted by molar-refractivity contribution is 5.84. The van der Waals surface area contributed by atoms with Gasteiger partial charge < -0.3 is 9.47 Å². The van der Waals surface area contributed by atoms with Crippen molar-refractivity contribution >= 4 is 11.8 Å². The lowest BCUT2D eigenvalue weighted by atomic mass is 9.99. The summed E-state index contributed by atoms with van der Waals surface area (Å²) in [5.74, 6) is -0.260. The highest BCUT2D eigenvalue weighted by Gasteiger charge is 2.54. The van der Waals surface area contributed by atoms with Gasteiger partial charge in [0.15, 0.2) is 5.78 Å². The molecular weight excluding hydrogens is 208 g/mol. The first-order chi connectivity index (χ1) is 7.49. The number of hydrogen-bond donors (Lipinski definition) is 0. The average Bonchev–Trinajstić information content (AvgIpc) is 2.87. The molecule has 1 fully saturated rings. The molecule has 1 aliphatic heterocycles. The Morgan fingerprint density at radius 3 is 2.69 bits per heavy atom. The number of hydrogen-bond acceptors (Lipinski definition) is 4.